The second-order valence-electron chi connectivity index (χ2n) is 6.63. The van der Waals surface area contributed by atoms with Crippen LogP contribution >= 0.6 is 0 Å². The number of para-hydroxylation sites is 1. The SMILES string of the molecule is O=C(c1ccnn1C(F)F)N1CCc2[nH]cnc2[C@@H]1c1oc2ccccc2c1F. The second kappa shape index (κ2) is 6.50. The fourth-order valence-corrected chi connectivity index (χ4v) is 3.76. The molecule has 0 spiro atoms. The smallest absolute Gasteiger partial charge is 0.333 e. The van der Waals surface area contributed by atoms with Crippen LogP contribution in [0.25, 0.3) is 11.0 Å². The number of carbonyl (C=O) groups is 1. The summed E-state index contributed by atoms with van der Waals surface area (Å²) in [5, 5.41) is 3.79. The number of hydrogen-bond acceptors (Lipinski definition) is 4. The fourth-order valence-electron chi connectivity index (χ4n) is 3.76. The van der Waals surface area contributed by atoms with Crippen LogP contribution in [0.2, 0.25) is 0 Å². The molecule has 0 unspecified atom stereocenters. The summed E-state index contributed by atoms with van der Waals surface area (Å²) < 4.78 is 47.8. The van der Waals surface area contributed by atoms with E-state index in [9.17, 15) is 13.6 Å². The number of rotatable bonds is 3. The molecule has 0 saturated heterocycles. The maximum Gasteiger partial charge on any atom is 0.333 e. The number of nitrogens with one attached hydrogen (secondary N) is 1. The molecule has 148 valence electrons. The molecular weight excluding hydrogens is 387 g/mol. The van der Waals surface area contributed by atoms with Gasteiger partial charge in [-0.2, -0.15) is 18.6 Å². The number of alkyl halides is 2. The molecule has 1 aromatic carbocycles. The molecule has 0 saturated carbocycles. The quantitative estimate of drug-likeness (QED) is 0.568. The lowest BCUT2D eigenvalue weighted by molar-refractivity contribution is 0.0435. The van der Waals surface area contributed by atoms with E-state index in [0.29, 0.717) is 22.4 Å². The van der Waals surface area contributed by atoms with Gasteiger partial charge in [-0.3, -0.25) is 4.79 Å². The van der Waals surface area contributed by atoms with Gasteiger partial charge in [0.2, 0.25) is 0 Å². The van der Waals surface area contributed by atoms with Crippen LogP contribution in [0.1, 0.15) is 40.2 Å². The van der Waals surface area contributed by atoms with Gasteiger partial charge in [-0.05, 0) is 18.2 Å². The van der Waals surface area contributed by atoms with Gasteiger partial charge >= 0.3 is 6.55 Å². The summed E-state index contributed by atoms with van der Waals surface area (Å²) in [5.41, 5.74) is 1.19. The summed E-state index contributed by atoms with van der Waals surface area (Å²) in [6, 6.07) is 6.79. The van der Waals surface area contributed by atoms with Crippen LogP contribution in [0.15, 0.2) is 47.3 Å². The Morgan fingerprint density at radius 2 is 2.10 bits per heavy atom. The highest BCUT2D eigenvalue weighted by Gasteiger charge is 2.40. The minimum atomic E-state index is -2.98. The molecular formula is C19H14F3N5O2. The fraction of sp³-hybridized carbons (Fsp3) is 0.211. The highest BCUT2D eigenvalue weighted by Crippen LogP contribution is 2.39. The van der Waals surface area contributed by atoms with Crippen molar-refractivity contribution in [2.45, 2.75) is 19.0 Å². The highest BCUT2D eigenvalue weighted by atomic mass is 19.3. The summed E-state index contributed by atoms with van der Waals surface area (Å²) in [5.74, 6) is -1.40. The van der Waals surface area contributed by atoms with Crippen molar-refractivity contribution in [3.05, 3.63) is 71.5 Å². The summed E-state index contributed by atoms with van der Waals surface area (Å²) in [6.07, 6.45) is 3.00. The zero-order valence-electron chi connectivity index (χ0n) is 14.8. The van der Waals surface area contributed by atoms with Gasteiger partial charge in [0.1, 0.15) is 17.3 Å². The topological polar surface area (TPSA) is 80.0 Å². The van der Waals surface area contributed by atoms with E-state index in [1.807, 2.05) is 0 Å². The molecule has 0 radical (unpaired) electrons. The van der Waals surface area contributed by atoms with Crippen LogP contribution in [0, 0.1) is 5.82 Å². The monoisotopic (exact) mass is 401 g/mol. The number of hydrogen-bond donors (Lipinski definition) is 1. The molecule has 0 aliphatic carbocycles. The number of benzene rings is 1. The van der Waals surface area contributed by atoms with E-state index < -0.39 is 24.3 Å². The van der Waals surface area contributed by atoms with E-state index in [4.69, 9.17) is 4.42 Å². The number of aromatic nitrogens is 4. The molecule has 10 heteroatoms. The summed E-state index contributed by atoms with van der Waals surface area (Å²) in [6.45, 7) is -2.81. The highest BCUT2D eigenvalue weighted by molar-refractivity contribution is 5.93. The van der Waals surface area contributed by atoms with Gasteiger partial charge in [0.25, 0.3) is 5.91 Å². The lowest BCUT2D eigenvalue weighted by Gasteiger charge is -2.33. The first-order valence-corrected chi connectivity index (χ1v) is 8.88. The zero-order valence-corrected chi connectivity index (χ0v) is 14.8. The predicted molar refractivity (Wildman–Crippen MR) is 94.8 cm³/mol. The average Bonchev–Trinajstić information content (AvgIpc) is 3.45. The first kappa shape index (κ1) is 17.5. The standard InChI is InChI=1S/C19H14F3N5O2/c20-14-10-3-1-2-4-13(10)29-17(14)16-15-11(23-9-24-15)6-8-26(16)18(28)12-5-7-25-27(12)19(21)22/h1-5,7,9,16,19H,6,8H2,(H,23,24)/t16-/m1/s1. The van der Waals surface area contributed by atoms with Crippen molar-refractivity contribution in [3.8, 4) is 0 Å². The molecule has 5 rings (SSSR count). The van der Waals surface area contributed by atoms with Gasteiger partial charge < -0.3 is 14.3 Å². The molecule has 7 nitrogen and oxygen atoms in total. The lowest BCUT2D eigenvalue weighted by atomic mass is 9.99. The molecule has 1 aliphatic heterocycles. The lowest BCUT2D eigenvalue weighted by Crippen LogP contribution is -2.41. The third-order valence-corrected chi connectivity index (χ3v) is 5.07. The molecule has 1 N–H and O–H groups in total. The number of amides is 1. The molecule has 1 amide bonds. The predicted octanol–water partition coefficient (Wildman–Crippen LogP) is 3.67. The van der Waals surface area contributed by atoms with Crippen molar-refractivity contribution in [1.29, 1.82) is 0 Å². The molecule has 29 heavy (non-hydrogen) atoms. The number of aromatic amines is 1. The molecule has 0 bridgehead atoms. The number of fused-ring (bicyclic) bond motifs is 2. The second-order valence-corrected chi connectivity index (χ2v) is 6.63. The third kappa shape index (κ3) is 2.63. The van der Waals surface area contributed by atoms with Gasteiger partial charge in [0, 0.05) is 24.9 Å². The van der Waals surface area contributed by atoms with Crippen LogP contribution < -0.4 is 0 Å². The van der Waals surface area contributed by atoms with Gasteiger partial charge in [-0.15, -0.1) is 0 Å². The van der Waals surface area contributed by atoms with Crippen LogP contribution in [0.3, 0.4) is 0 Å². The number of furan rings is 1. The molecule has 0 fully saturated rings. The Hall–Kier alpha value is -3.56. The van der Waals surface area contributed by atoms with E-state index in [1.54, 1.807) is 24.3 Å². The normalized spacial score (nSPS) is 16.6. The average molecular weight is 401 g/mol. The van der Waals surface area contributed by atoms with E-state index >= 15 is 4.39 Å². The largest absolute Gasteiger partial charge is 0.455 e. The molecule has 1 aliphatic rings. The number of nitrogens with zero attached hydrogens (tertiary/aromatic N) is 4. The Morgan fingerprint density at radius 3 is 2.90 bits per heavy atom. The minimum Gasteiger partial charge on any atom is -0.455 e. The number of H-pyrrole nitrogens is 1. The zero-order chi connectivity index (χ0) is 20.1. The van der Waals surface area contributed by atoms with Crippen molar-refractivity contribution in [2.24, 2.45) is 0 Å². The van der Waals surface area contributed by atoms with E-state index in [1.165, 1.54) is 17.3 Å². The van der Waals surface area contributed by atoms with Gasteiger partial charge in [-0.1, -0.05) is 12.1 Å². The maximum atomic E-state index is 15.2. The number of halogens is 3. The summed E-state index contributed by atoms with van der Waals surface area (Å²) in [7, 11) is 0. The Balaban J connectivity index is 1.66. The Morgan fingerprint density at radius 1 is 1.28 bits per heavy atom. The van der Waals surface area contributed by atoms with Crippen molar-refractivity contribution in [3.63, 3.8) is 0 Å². The van der Waals surface area contributed by atoms with Crippen LogP contribution in [0.4, 0.5) is 13.2 Å². The van der Waals surface area contributed by atoms with Crippen molar-refractivity contribution < 1.29 is 22.4 Å². The van der Waals surface area contributed by atoms with Gasteiger partial charge in [0.05, 0.1) is 17.4 Å². The van der Waals surface area contributed by atoms with Crippen LogP contribution in [-0.2, 0) is 6.42 Å². The Labute approximate surface area is 161 Å². The van der Waals surface area contributed by atoms with Gasteiger partial charge in [-0.25, -0.2) is 9.37 Å². The van der Waals surface area contributed by atoms with E-state index in [2.05, 4.69) is 15.1 Å². The van der Waals surface area contributed by atoms with E-state index in [0.717, 1.165) is 11.9 Å². The number of imidazole rings is 1. The molecule has 4 heterocycles. The Bertz CT molecular complexity index is 1210. The van der Waals surface area contributed by atoms with Gasteiger partial charge in [0.15, 0.2) is 11.6 Å². The first-order chi connectivity index (χ1) is 14.1. The Kier molecular flexibility index (Phi) is 3.93. The number of carbonyl (C=O) groups excluding carboxylic acids is 1. The maximum absolute atomic E-state index is 15.2. The third-order valence-electron chi connectivity index (χ3n) is 5.07. The van der Waals surface area contributed by atoms with Crippen molar-refractivity contribution in [1.82, 2.24) is 24.6 Å². The molecule has 1 atom stereocenters. The molecule has 3 aromatic heterocycles. The van der Waals surface area contributed by atoms with Crippen LogP contribution in [0.5, 0.6) is 0 Å². The minimum absolute atomic E-state index is 0.0873. The summed E-state index contributed by atoms with van der Waals surface area (Å²) >= 11 is 0. The van der Waals surface area contributed by atoms with Crippen molar-refractivity contribution >= 4 is 16.9 Å². The van der Waals surface area contributed by atoms with Crippen LogP contribution in [-0.4, -0.2) is 37.1 Å². The van der Waals surface area contributed by atoms with E-state index in [-0.39, 0.29) is 23.4 Å². The molecule has 4 aromatic rings. The summed E-state index contributed by atoms with van der Waals surface area (Å²) in [4.78, 5) is 21.7. The first-order valence-electron chi connectivity index (χ1n) is 8.88. The van der Waals surface area contributed by atoms with Crippen molar-refractivity contribution in [2.75, 3.05) is 6.54 Å².